The van der Waals surface area contributed by atoms with Crippen LogP contribution in [0.5, 0.6) is 0 Å². The lowest BCUT2D eigenvalue weighted by Gasteiger charge is -2.61. The van der Waals surface area contributed by atoms with E-state index in [1.54, 1.807) is 13.8 Å². The van der Waals surface area contributed by atoms with Crippen molar-refractivity contribution in [2.24, 2.45) is 5.92 Å². The van der Waals surface area contributed by atoms with Crippen molar-refractivity contribution in [1.82, 2.24) is 9.13 Å². The van der Waals surface area contributed by atoms with Crippen molar-refractivity contribution in [3.8, 4) is 0 Å². The highest BCUT2D eigenvalue weighted by molar-refractivity contribution is 5.86. The molecule has 4 rings (SSSR count). The van der Waals surface area contributed by atoms with Crippen LogP contribution in [-0.4, -0.2) is 20.2 Å². The maximum atomic E-state index is 12.4. The Morgan fingerprint density at radius 3 is 2.32 bits per heavy atom. The Bertz CT molecular complexity index is 666. The fourth-order valence-corrected chi connectivity index (χ4v) is 3.21. The minimum atomic E-state index is -1.28. The third-order valence-corrected chi connectivity index (χ3v) is 4.38. The van der Waals surface area contributed by atoms with Gasteiger partial charge >= 0.3 is 11.7 Å². The number of rotatable bonds is 3. The lowest BCUT2D eigenvalue weighted by molar-refractivity contribution is -0.0955. The van der Waals surface area contributed by atoms with Crippen LogP contribution >= 0.6 is 0 Å². The highest BCUT2D eigenvalue weighted by Crippen LogP contribution is 2.61. The largest absolute Gasteiger partial charge is 0.477 e. The van der Waals surface area contributed by atoms with Gasteiger partial charge in [0.05, 0.1) is 5.54 Å². The van der Waals surface area contributed by atoms with Crippen molar-refractivity contribution in [2.45, 2.75) is 44.7 Å². The predicted molar refractivity (Wildman–Crippen MR) is 67.6 cm³/mol. The van der Waals surface area contributed by atoms with E-state index in [0.717, 1.165) is 19.3 Å². The zero-order valence-electron chi connectivity index (χ0n) is 10.9. The van der Waals surface area contributed by atoms with Crippen molar-refractivity contribution in [2.75, 3.05) is 0 Å². The molecular weight excluding hydrogens is 248 g/mol. The zero-order valence-corrected chi connectivity index (χ0v) is 10.9. The molecule has 3 aliphatic rings. The quantitative estimate of drug-likeness (QED) is 0.875. The maximum absolute atomic E-state index is 12.4. The van der Waals surface area contributed by atoms with Gasteiger partial charge in [0.15, 0.2) is 0 Å². The second-order valence-electron chi connectivity index (χ2n) is 5.97. The van der Waals surface area contributed by atoms with Gasteiger partial charge in [-0.2, -0.15) is 0 Å². The number of aromatic carboxylic acids is 1. The molecule has 0 amide bonds. The van der Waals surface area contributed by atoms with Crippen LogP contribution in [0, 0.1) is 5.92 Å². The Morgan fingerprint density at radius 1 is 1.37 bits per heavy atom. The van der Waals surface area contributed by atoms with Crippen molar-refractivity contribution < 1.29 is 9.90 Å². The molecule has 0 saturated heterocycles. The SMILES string of the molecule is CC(C)n1cc(C(=O)O)c(=O)n(C23CC(C2)C3)c1=O. The summed E-state index contributed by atoms with van der Waals surface area (Å²) in [5.41, 5.74) is -1.77. The van der Waals surface area contributed by atoms with Gasteiger partial charge in [0.2, 0.25) is 0 Å². The van der Waals surface area contributed by atoms with E-state index < -0.39 is 17.1 Å². The van der Waals surface area contributed by atoms with Crippen molar-refractivity contribution in [1.29, 1.82) is 0 Å². The van der Waals surface area contributed by atoms with Gasteiger partial charge in [-0.3, -0.25) is 13.9 Å². The van der Waals surface area contributed by atoms with Gasteiger partial charge < -0.3 is 5.11 Å². The van der Waals surface area contributed by atoms with Gasteiger partial charge in [0, 0.05) is 12.2 Å². The molecule has 0 aromatic carbocycles. The second kappa shape index (κ2) is 3.59. The van der Waals surface area contributed by atoms with Crippen LogP contribution in [0.2, 0.25) is 0 Å². The number of aromatic nitrogens is 2. The molecule has 0 atom stereocenters. The first-order chi connectivity index (χ1) is 8.85. The standard InChI is InChI=1S/C13H16N2O4/c1-7(2)14-6-9(11(17)18)10(16)15(12(14)19)13-3-8(4-13)5-13/h6-8H,3-5H2,1-2H3,(H,17,18). The smallest absolute Gasteiger partial charge is 0.342 e. The molecule has 0 radical (unpaired) electrons. The van der Waals surface area contributed by atoms with Crippen LogP contribution in [0.1, 0.15) is 49.5 Å². The average molecular weight is 264 g/mol. The molecule has 3 aliphatic carbocycles. The van der Waals surface area contributed by atoms with Crippen LogP contribution in [0.25, 0.3) is 0 Å². The molecule has 0 spiro atoms. The Balaban J connectivity index is 2.30. The first-order valence-electron chi connectivity index (χ1n) is 6.48. The van der Waals surface area contributed by atoms with Gasteiger partial charge in [-0.1, -0.05) is 0 Å². The van der Waals surface area contributed by atoms with Crippen LogP contribution < -0.4 is 11.2 Å². The van der Waals surface area contributed by atoms with Crippen molar-refractivity contribution in [3.05, 3.63) is 32.6 Å². The summed E-state index contributed by atoms with van der Waals surface area (Å²) >= 11 is 0. The molecule has 1 N–H and O–H groups in total. The van der Waals surface area contributed by atoms with Crippen LogP contribution in [0.15, 0.2) is 15.8 Å². The monoisotopic (exact) mass is 264 g/mol. The molecule has 6 nitrogen and oxygen atoms in total. The molecule has 0 aliphatic heterocycles. The molecule has 2 bridgehead atoms. The van der Waals surface area contributed by atoms with E-state index in [2.05, 4.69) is 0 Å². The first-order valence-corrected chi connectivity index (χ1v) is 6.48. The van der Waals surface area contributed by atoms with Gasteiger partial charge in [0.1, 0.15) is 5.56 Å². The Morgan fingerprint density at radius 2 is 1.95 bits per heavy atom. The Hall–Kier alpha value is -1.85. The first kappa shape index (κ1) is 12.2. The summed E-state index contributed by atoms with van der Waals surface area (Å²) < 4.78 is 2.53. The third-order valence-electron chi connectivity index (χ3n) is 4.38. The van der Waals surface area contributed by atoms with Crippen LogP contribution in [0.3, 0.4) is 0 Å². The van der Waals surface area contributed by atoms with Gasteiger partial charge in [-0.15, -0.1) is 0 Å². The van der Waals surface area contributed by atoms with Crippen LogP contribution in [0.4, 0.5) is 0 Å². The molecule has 19 heavy (non-hydrogen) atoms. The lowest BCUT2D eigenvalue weighted by atomic mass is 9.49. The van der Waals surface area contributed by atoms with Gasteiger partial charge in [-0.05, 0) is 39.0 Å². The third kappa shape index (κ3) is 1.45. The second-order valence-corrected chi connectivity index (χ2v) is 5.97. The van der Waals surface area contributed by atoms with E-state index in [4.69, 9.17) is 5.11 Å². The summed E-state index contributed by atoms with van der Waals surface area (Å²) in [6.45, 7) is 3.59. The van der Waals surface area contributed by atoms with E-state index in [-0.39, 0.29) is 17.3 Å². The molecule has 0 unspecified atom stereocenters. The summed E-state index contributed by atoms with van der Waals surface area (Å²) in [4.78, 5) is 35.8. The number of carboxylic acids is 1. The fraction of sp³-hybridized carbons (Fsp3) is 0.615. The molecule has 1 heterocycles. The van der Waals surface area contributed by atoms with Crippen molar-refractivity contribution >= 4 is 5.97 Å². The number of nitrogens with zero attached hydrogens (tertiary/aromatic N) is 2. The number of carboxylic acid groups (broad SMARTS) is 1. The molecule has 6 heteroatoms. The highest BCUT2D eigenvalue weighted by Gasteiger charge is 2.59. The van der Waals surface area contributed by atoms with E-state index in [9.17, 15) is 14.4 Å². The maximum Gasteiger partial charge on any atom is 0.342 e. The number of hydrogen-bond donors (Lipinski definition) is 1. The normalized spacial score (nSPS) is 27.8. The Kier molecular flexibility index (Phi) is 2.30. The summed E-state index contributed by atoms with van der Waals surface area (Å²) in [5, 5.41) is 9.13. The molecular formula is C13H16N2O4. The summed E-state index contributed by atoms with van der Waals surface area (Å²) in [6.07, 6.45) is 3.63. The van der Waals surface area contributed by atoms with Crippen LogP contribution in [-0.2, 0) is 5.54 Å². The predicted octanol–water partition coefficient (Wildman–Crippen LogP) is 0.798. The number of carbonyl (C=O) groups is 1. The fourth-order valence-electron chi connectivity index (χ4n) is 3.21. The zero-order chi connectivity index (χ0) is 13.9. The van der Waals surface area contributed by atoms with Crippen molar-refractivity contribution in [3.63, 3.8) is 0 Å². The molecule has 102 valence electrons. The van der Waals surface area contributed by atoms with Gasteiger partial charge in [-0.25, -0.2) is 9.59 Å². The summed E-state index contributed by atoms with van der Waals surface area (Å²) in [7, 11) is 0. The average Bonchev–Trinajstić information content (AvgIpc) is 2.18. The molecule has 3 saturated carbocycles. The number of hydrogen-bond acceptors (Lipinski definition) is 3. The lowest BCUT2D eigenvalue weighted by Crippen LogP contribution is -2.66. The highest BCUT2D eigenvalue weighted by atomic mass is 16.4. The Labute approximate surface area is 109 Å². The summed E-state index contributed by atoms with van der Waals surface area (Å²) in [6, 6.07) is -0.176. The molecule has 1 aromatic rings. The minimum absolute atomic E-state index is 0.176. The minimum Gasteiger partial charge on any atom is -0.477 e. The van der Waals surface area contributed by atoms with E-state index in [1.165, 1.54) is 15.3 Å². The summed E-state index contributed by atoms with van der Waals surface area (Å²) in [5.74, 6) is -0.674. The molecule has 1 aromatic heterocycles. The van der Waals surface area contributed by atoms with E-state index in [1.807, 2.05) is 0 Å². The topological polar surface area (TPSA) is 81.3 Å². The van der Waals surface area contributed by atoms with E-state index >= 15 is 0 Å². The van der Waals surface area contributed by atoms with E-state index in [0.29, 0.717) is 5.92 Å². The molecule has 3 fully saturated rings. The van der Waals surface area contributed by atoms with Gasteiger partial charge in [0.25, 0.3) is 5.56 Å².